The molecular weight excluding hydrogens is 471 g/mol. The summed E-state index contributed by atoms with van der Waals surface area (Å²) in [5.74, 6) is 0.280. The standard InChI is InChI=1S/C24H23FN6O5/c1-34-21-5-3-17-22(29-21)23(16(25)8-27-17)30-9-13(10-30)26-7-15-11-31(24(33)36-15)14-2-4-19-18(6-14)28-20(32)12-35-19/h2-6,8,13,15,26H,7,9-12H2,1H3,(H,28,32). The first-order chi connectivity index (χ1) is 17.5. The average Bonchev–Trinajstić information content (AvgIpc) is 3.23. The fourth-order valence-electron chi connectivity index (χ4n) is 4.59. The second-order valence-electron chi connectivity index (χ2n) is 8.82. The summed E-state index contributed by atoms with van der Waals surface area (Å²) < 4.78 is 30.7. The summed E-state index contributed by atoms with van der Waals surface area (Å²) in [6.45, 7) is 1.94. The maximum absolute atomic E-state index is 14.7. The van der Waals surface area contributed by atoms with Crippen LogP contribution in [-0.2, 0) is 9.53 Å². The molecule has 0 bridgehead atoms. The first-order valence-electron chi connectivity index (χ1n) is 11.5. The number of aromatic nitrogens is 2. The van der Waals surface area contributed by atoms with Gasteiger partial charge in [-0.05, 0) is 24.3 Å². The second kappa shape index (κ2) is 8.79. The summed E-state index contributed by atoms with van der Waals surface area (Å²) in [6.07, 6.45) is 0.403. The van der Waals surface area contributed by atoms with Crippen LogP contribution in [0.25, 0.3) is 11.0 Å². The third-order valence-electron chi connectivity index (χ3n) is 6.44. The molecule has 12 heteroatoms. The minimum absolute atomic E-state index is 0.0286. The van der Waals surface area contributed by atoms with Crippen LogP contribution in [0.15, 0.2) is 36.5 Å². The van der Waals surface area contributed by atoms with Crippen molar-refractivity contribution in [2.24, 2.45) is 0 Å². The first-order valence-corrected chi connectivity index (χ1v) is 11.5. The Kier molecular flexibility index (Phi) is 5.44. The van der Waals surface area contributed by atoms with Gasteiger partial charge in [0, 0.05) is 37.4 Å². The number of hydrogen-bond acceptors (Lipinski definition) is 9. The van der Waals surface area contributed by atoms with Crippen molar-refractivity contribution in [2.45, 2.75) is 12.1 Å². The third kappa shape index (κ3) is 3.98. The Morgan fingerprint density at radius 3 is 2.92 bits per heavy atom. The van der Waals surface area contributed by atoms with Crippen molar-refractivity contribution in [1.29, 1.82) is 0 Å². The summed E-state index contributed by atoms with van der Waals surface area (Å²) in [6, 6.07) is 8.72. The van der Waals surface area contributed by atoms with Gasteiger partial charge in [0.1, 0.15) is 23.1 Å². The number of methoxy groups -OCH3 is 1. The highest BCUT2D eigenvalue weighted by Gasteiger charge is 2.36. The van der Waals surface area contributed by atoms with Crippen LogP contribution in [0, 0.1) is 5.82 Å². The van der Waals surface area contributed by atoms with Crippen molar-refractivity contribution in [3.05, 3.63) is 42.3 Å². The number of halogens is 1. The van der Waals surface area contributed by atoms with Gasteiger partial charge in [-0.3, -0.25) is 14.7 Å². The van der Waals surface area contributed by atoms with E-state index in [0.717, 1.165) is 0 Å². The Hall–Kier alpha value is -4.19. The Morgan fingerprint density at radius 2 is 2.08 bits per heavy atom. The van der Waals surface area contributed by atoms with Crippen molar-refractivity contribution in [3.8, 4) is 11.6 Å². The SMILES string of the molecule is COc1ccc2ncc(F)c(N3CC(NCC4CN(c5ccc6c(c5)NC(=O)CO6)C(=O)O4)C3)c2n1. The molecule has 11 nitrogen and oxygen atoms in total. The number of carbonyl (C=O) groups is 2. The molecule has 0 radical (unpaired) electrons. The van der Waals surface area contributed by atoms with Crippen molar-refractivity contribution >= 4 is 40.1 Å². The van der Waals surface area contributed by atoms with Crippen LogP contribution in [0.1, 0.15) is 0 Å². The molecule has 3 aliphatic rings. The van der Waals surface area contributed by atoms with Gasteiger partial charge in [-0.2, -0.15) is 0 Å². The monoisotopic (exact) mass is 494 g/mol. The zero-order chi connectivity index (χ0) is 24.8. The number of amides is 2. The van der Waals surface area contributed by atoms with E-state index in [4.69, 9.17) is 14.2 Å². The van der Waals surface area contributed by atoms with Crippen LogP contribution >= 0.6 is 0 Å². The summed E-state index contributed by atoms with van der Waals surface area (Å²) >= 11 is 0. The number of carbonyl (C=O) groups excluding carboxylic acids is 2. The molecule has 0 saturated carbocycles. The summed E-state index contributed by atoms with van der Waals surface area (Å²) in [4.78, 5) is 36.0. The van der Waals surface area contributed by atoms with Crippen molar-refractivity contribution in [1.82, 2.24) is 15.3 Å². The highest BCUT2D eigenvalue weighted by Crippen LogP contribution is 2.34. The zero-order valence-electron chi connectivity index (χ0n) is 19.4. The molecule has 2 saturated heterocycles. The van der Waals surface area contributed by atoms with Gasteiger partial charge < -0.3 is 29.7 Å². The Labute approximate surface area is 205 Å². The number of rotatable bonds is 6. The van der Waals surface area contributed by atoms with Crippen LogP contribution in [-0.4, -0.2) is 74.0 Å². The van der Waals surface area contributed by atoms with Gasteiger partial charge in [-0.1, -0.05) is 0 Å². The van der Waals surface area contributed by atoms with Crippen molar-refractivity contribution in [3.63, 3.8) is 0 Å². The largest absolute Gasteiger partial charge is 0.482 e. The second-order valence-corrected chi connectivity index (χ2v) is 8.82. The molecule has 0 spiro atoms. The molecule has 1 atom stereocenters. The van der Waals surface area contributed by atoms with Crippen LogP contribution in [0.4, 0.5) is 26.2 Å². The first kappa shape index (κ1) is 22.3. The van der Waals surface area contributed by atoms with Gasteiger partial charge in [-0.15, -0.1) is 0 Å². The lowest BCUT2D eigenvalue weighted by atomic mass is 10.1. The van der Waals surface area contributed by atoms with E-state index in [9.17, 15) is 14.0 Å². The van der Waals surface area contributed by atoms with E-state index in [1.165, 1.54) is 18.2 Å². The smallest absolute Gasteiger partial charge is 0.414 e. The maximum atomic E-state index is 14.7. The number of nitrogens with one attached hydrogen (secondary N) is 2. The minimum Gasteiger partial charge on any atom is -0.482 e. The van der Waals surface area contributed by atoms with Crippen LogP contribution in [0.3, 0.4) is 0 Å². The molecule has 6 rings (SSSR count). The lowest BCUT2D eigenvalue weighted by Crippen LogP contribution is -2.59. The molecule has 3 aromatic rings. The van der Waals surface area contributed by atoms with Gasteiger partial charge in [-0.25, -0.2) is 14.2 Å². The number of pyridine rings is 2. The van der Waals surface area contributed by atoms with E-state index in [1.54, 1.807) is 30.3 Å². The summed E-state index contributed by atoms with van der Waals surface area (Å²) in [7, 11) is 1.51. The Morgan fingerprint density at radius 1 is 1.22 bits per heavy atom. The molecule has 2 fully saturated rings. The van der Waals surface area contributed by atoms with E-state index in [-0.39, 0.29) is 24.7 Å². The molecule has 36 heavy (non-hydrogen) atoms. The number of nitrogens with zero attached hydrogens (tertiary/aromatic N) is 4. The van der Waals surface area contributed by atoms with E-state index in [1.807, 2.05) is 4.90 Å². The fourth-order valence-corrected chi connectivity index (χ4v) is 4.59. The van der Waals surface area contributed by atoms with E-state index in [2.05, 4.69) is 20.6 Å². The number of cyclic esters (lactones) is 1. The van der Waals surface area contributed by atoms with Crippen molar-refractivity contribution in [2.75, 3.05) is 55.0 Å². The Bertz CT molecular complexity index is 1360. The normalized spacial score (nSPS) is 19.4. The predicted octanol–water partition coefficient (Wildman–Crippen LogP) is 1.91. The van der Waals surface area contributed by atoms with Gasteiger partial charge >= 0.3 is 6.09 Å². The van der Waals surface area contributed by atoms with Crippen LogP contribution in [0.2, 0.25) is 0 Å². The molecule has 186 valence electrons. The fraction of sp³-hybridized carbons (Fsp3) is 0.333. The molecule has 2 amide bonds. The van der Waals surface area contributed by atoms with Crippen molar-refractivity contribution < 1.29 is 28.2 Å². The number of fused-ring (bicyclic) bond motifs is 2. The van der Waals surface area contributed by atoms with E-state index >= 15 is 0 Å². The molecule has 1 unspecified atom stereocenters. The highest BCUT2D eigenvalue weighted by molar-refractivity contribution is 5.97. The number of hydrogen-bond donors (Lipinski definition) is 2. The molecular formula is C24H23FN6O5. The molecule has 2 N–H and O–H groups in total. The predicted molar refractivity (Wildman–Crippen MR) is 128 cm³/mol. The quantitative estimate of drug-likeness (QED) is 0.530. The van der Waals surface area contributed by atoms with Gasteiger partial charge in [0.05, 0.1) is 31.1 Å². The zero-order valence-corrected chi connectivity index (χ0v) is 19.4. The molecule has 2 aromatic heterocycles. The average molecular weight is 494 g/mol. The van der Waals surface area contributed by atoms with Gasteiger partial charge in [0.25, 0.3) is 5.91 Å². The topological polar surface area (TPSA) is 118 Å². The summed E-state index contributed by atoms with van der Waals surface area (Å²) in [5.41, 5.74) is 2.59. The van der Waals surface area contributed by atoms with Crippen LogP contribution in [0.5, 0.6) is 11.6 Å². The van der Waals surface area contributed by atoms with Gasteiger partial charge in [0.2, 0.25) is 5.88 Å². The van der Waals surface area contributed by atoms with E-state index < -0.39 is 11.9 Å². The molecule has 3 aliphatic heterocycles. The molecule has 1 aromatic carbocycles. The maximum Gasteiger partial charge on any atom is 0.414 e. The number of benzene rings is 1. The third-order valence-corrected chi connectivity index (χ3v) is 6.44. The number of ether oxygens (including phenoxy) is 3. The Balaban J connectivity index is 1.07. The highest BCUT2D eigenvalue weighted by atomic mass is 19.1. The van der Waals surface area contributed by atoms with Crippen LogP contribution < -0.4 is 29.9 Å². The lowest BCUT2D eigenvalue weighted by Gasteiger charge is -2.42. The van der Waals surface area contributed by atoms with Gasteiger partial charge in [0.15, 0.2) is 12.4 Å². The van der Waals surface area contributed by atoms with E-state index in [0.29, 0.717) is 65.9 Å². The lowest BCUT2D eigenvalue weighted by molar-refractivity contribution is -0.118. The number of anilines is 3. The minimum atomic E-state index is -0.453. The summed E-state index contributed by atoms with van der Waals surface area (Å²) in [5, 5.41) is 6.14. The molecule has 0 aliphatic carbocycles. The molecule has 5 heterocycles.